The van der Waals surface area contributed by atoms with Gasteiger partial charge < -0.3 is 5.32 Å². The Hall–Kier alpha value is -3.08. The van der Waals surface area contributed by atoms with Crippen molar-refractivity contribution in [2.24, 2.45) is 5.92 Å². The molecule has 0 unspecified atom stereocenters. The van der Waals surface area contributed by atoms with E-state index in [0.717, 1.165) is 41.9 Å². The fourth-order valence-corrected chi connectivity index (χ4v) is 7.10. The minimum atomic E-state index is -3.56. The van der Waals surface area contributed by atoms with Crippen molar-refractivity contribution >= 4 is 33.0 Å². The highest BCUT2D eigenvalue weighted by Gasteiger charge is 2.30. The second-order valence-corrected chi connectivity index (χ2v) is 11.9. The number of nitro groups is 1. The van der Waals surface area contributed by atoms with Crippen LogP contribution in [-0.2, 0) is 23.0 Å². The second-order valence-electron chi connectivity index (χ2n) is 8.58. The van der Waals surface area contributed by atoms with Gasteiger partial charge in [-0.3, -0.25) is 14.9 Å². The molecule has 1 aliphatic rings. The summed E-state index contributed by atoms with van der Waals surface area (Å²) in [6.45, 7) is 1.22. The molecule has 1 fully saturated rings. The van der Waals surface area contributed by atoms with Crippen molar-refractivity contribution < 1.29 is 18.1 Å². The highest BCUT2D eigenvalue weighted by atomic mass is 32.2. The Morgan fingerprint density at radius 1 is 1.03 bits per heavy atom. The van der Waals surface area contributed by atoms with E-state index in [1.54, 1.807) is 16.4 Å². The summed E-state index contributed by atoms with van der Waals surface area (Å²) >= 11 is 1.15. The van der Waals surface area contributed by atoms with E-state index in [1.807, 2.05) is 18.2 Å². The molecule has 1 amide bonds. The SMILES string of the molecule is O=C(NCc1ccc(S(=O)(=O)N2CCC(CCc3ccccc3)CC2)s1)c1ccc([N+](=O)[O-])cc1. The number of nitro benzene ring substituents is 1. The van der Waals surface area contributed by atoms with E-state index in [9.17, 15) is 23.3 Å². The van der Waals surface area contributed by atoms with Crippen LogP contribution < -0.4 is 5.32 Å². The summed E-state index contributed by atoms with van der Waals surface area (Å²) < 4.78 is 28.1. The van der Waals surface area contributed by atoms with Crippen molar-refractivity contribution in [3.63, 3.8) is 0 Å². The van der Waals surface area contributed by atoms with Gasteiger partial charge in [-0.25, -0.2) is 8.42 Å². The lowest BCUT2D eigenvalue weighted by Crippen LogP contribution is -2.38. The van der Waals surface area contributed by atoms with Crippen molar-refractivity contribution in [3.8, 4) is 0 Å². The first-order chi connectivity index (χ1) is 16.8. The largest absolute Gasteiger partial charge is 0.347 e. The number of amides is 1. The molecule has 3 aromatic rings. The van der Waals surface area contributed by atoms with E-state index in [1.165, 1.54) is 29.8 Å². The Bertz CT molecular complexity index is 1270. The number of sulfonamides is 1. The van der Waals surface area contributed by atoms with Crippen molar-refractivity contribution in [1.29, 1.82) is 0 Å². The zero-order valence-electron chi connectivity index (χ0n) is 19.1. The molecule has 1 aliphatic heterocycles. The number of non-ortho nitro benzene ring substituents is 1. The van der Waals surface area contributed by atoms with Crippen LogP contribution in [0.3, 0.4) is 0 Å². The molecule has 0 aliphatic carbocycles. The van der Waals surface area contributed by atoms with Gasteiger partial charge in [0, 0.05) is 35.7 Å². The molecule has 2 aromatic carbocycles. The van der Waals surface area contributed by atoms with Gasteiger partial charge in [0.15, 0.2) is 0 Å². The van der Waals surface area contributed by atoms with Gasteiger partial charge >= 0.3 is 0 Å². The summed E-state index contributed by atoms with van der Waals surface area (Å²) in [6, 6.07) is 19.0. The zero-order chi connectivity index (χ0) is 24.8. The Morgan fingerprint density at radius 2 is 1.71 bits per heavy atom. The number of piperidine rings is 1. The number of carbonyl (C=O) groups is 1. The molecule has 10 heteroatoms. The molecule has 4 rings (SSSR count). The molecular weight excluding hydrogens is 486 g/mol. The lowest BCUT2D eigenvalue weighted by Gasteiger charge is -2.30. The molecular formula is C25H27N3O5S2. The summed E-state index contributed by atoms with van der Waals surface area (Å²) in [6.07, 6.45) is 3.79. The van der Waals surface area contributed by atoms with Gasteiger partial charge in [0.2, 0.25) is 0 Å². The van der Waals surface area contributed by atoms with E-state index in [0.29, 0.717) is 24.6 Å². The lowest BCUT2D eigenvalue weighted by molar-refractivity contribution is -0.384. The van der Waals surface area contributed by atoms with Crippen molar-refractivity contribution in [1.82, 2.24) is 9.62 Å². The van der Waals surface area contributed by atoms with Gasteiger partial charge in [-0.05, 0) is 61.4 Å². The fraction of sp³-hybridized carbons (Fsp3) is 0.320. The summed E-state index contributed by atoms with van der Waals surface area (Å²) in [5.41, 5.74) is 1.53. The third kappa shape index (κ3) is 6.33. The summed E-state index contributed by atoms with van der Waals surface area (Å²) in [4.78, 5) is 23.3. The highest BCUT2D eigenvalue weighted by molar-refractivity contribution is 7.91. The summed E-state index contributed by atoms with van der Waals surface area (Å²) in [5.74, 6) is 0.144. The Balaban J connectivity index is 1.28. The molecule has 0 atom stereocenters. The predicted octanol–water partition coefficient (Wildman–Crippen LogP) is 4.62. The third-order valence-corrected chi connectivity index (χ3v) is 9.70. The maximum absolute atomic E-state index is 13.1. The average Bonchev–Trinajstić information content (AvgIpc) is 3.37. The van der Waals surface area contributed by atoms with Crippen LogP contribution in [0.5, 0.6) is 0 Å². The van der Waals surface area contributed by atoms with E-state index in [2.05, 4.69) is 17.4 Å². The number of benzene rings is 2. The molecule has 0 saturated carbocycles. The fourth-order valence-electron chi connectivity index (χ4n) is 4.18. The van der Waals surface area contributed by atoms with Crippen LogP contribution in [0.25, 0.3) is 0 Å². The van der Waals surface area contributed by atoms with Crippen molar-refractivity contribution in [2.45, 2.75) is 36.4 Å². The number of hydrogen-bond donors (Lipinski definition) is 1. The number of thiophene rings is 1. The van der Waals surface area contributed by atoms with Gasteiger partial charge in [0.05, 0.1) is 11.5 Å². The van der Waals surface area contributed by atoms with E-state index in [-0.39, 0.29) is 22.3 Å². The lowest BCUT2D eigenvalue weighted by atomic mass is 9.91. The predicted molar refractivity (Wildman–Crippen MR) is 135 cm³/mol. The number of hydrogen-bond acceptors (Lipinski definition) is 6. The second kappa shape index (κ2) is 11.1. The minimum Gasteiger partial charge on any atom is -0.347 e. The topological polar surface area (TPSA) is 110 Å². The first kappa shape index (κ1) is 25.0. The van der Waals surface area contributed by atoms with Crippen LogP contribution in [0, 0.1) is 16.0 Å². The van der Waals surface area contributed by atoms with Crippen LogP contribution in [0.15, 0.2) is 70.9 Å². The van der Waals surface area contributed by atoms with E-state index >= 15 is 0 Å². The summed E-state index contributed by atoms with van der Waals surface area (Å²) in [7, 11) is -3.56. The molecule has 2 heterocycles. The molecule has 35 heavy (non-hydrogen) atoms. The van der Waals surface area contributed by atoms with E-state index in [4.69, 9.17) is 0 Å². The maximum Gasteiger partial charge on any atom is 0.269 e. The molecule has 8 nitrogen and oxygen atoms in total. The first-order valence-electron chi connectivity index (χ1n) is 11.5. The quantitative estimate of drug-likeness (QED) is 0.332. The number of nitrogens with one attached hydrogen (secondary N) is 1. The van der Waals surface area contributed by atoms with Gasteiger partial charge in [0.25, 0.3) is 21.6 Å². The molecule has 184 valence electrons. The number of rotatable bonds is 9. The van der Waals surface area contributed by atoms with Crippen LogP contribution >= 0.6 is 11.3 Å². The molecule has 0 radical (unpaired) electrons. The maximum atomic E-state index is 13.1. The van der Waals surface area contributed by atoms with Gasteiger partial charge in [-0.15, -0.1) is 11.3 Å². The average molecular weight is 514 g/mol. The molecule has 0 spiro atoms. The first-order valence-corrected chi connectivity index (χ1v) is 13.7. The zero-order valence-corrected chi connectivity index (χ0v) is 20.8. The van der Waals surface area contributed by atoms with Crippen molar-refractivity contribution in [3.05, 3.63) is 92.8 Å². The molecule has 1 N–H and O–H groups in total. The third-order valence-electron chi connectivity index (χ3n) is 6.25. The van der Waals surface area contributed by atoms with Crippen molar-refractivity contribution in [2.75, 3.05) is 13.1 Å². The van der Waals surface area contributed by atoms with Gasteiger partial charge in [-0.2, -0.15) is 4.31 Å². The van der Waals surface area contributed by atoms with Crippen LogP contribution in [0.4, 0.5) is 5.69 Å². The smallest absolute Gasteiger partial charge is 0.269 e. The molecule has 0 bridgehead atoms. The standard InChI is InChI=1S/C25H27N3O5S2/c29-25(21-8-10-22(11-9-21)28(30)31)26-18-23-12-13-24(34-23)35(32,33)27-16-14-20(15-17-27)7-6-19-4-2-1-3-5-19/h1-5,8-13,20H,6-7,14-18H2,(H,26,29). The minimum absolute atomic E-state index is 0.0881. The number of aryl methyl sites for hydroxylation is 1. The Morgan fingerprint density at radius 3 is 2.37 bits per heavy atom. The molecule has 1 saturated heterocycles. The highest BCUT2D eigenvalue weighted by Crippen LogP contribution is 2.30. The van der Waals surface area contributed by atoms with Gasteiger partial charge in [-0.1, -0.05) is 30.3 Å². The number of nitrogens with zero attached hydrogens (tertiary/aromatic N) is 2. The molecule has 1 aromatic heterocycles. The normalized spacial score (nSPS) is 15.1. The van der Waals surface area contributed by atoms with Crippen LogP contribution in [-0.4, -0.2) is 36.6 Å². The number of carbonyl (C=O) groups excluding carboxylic acids is 1. The van der Waals surface area contributed by atoms with Gasteiger partial charge in [0.1, 0.15) is 4.21 Å². The monoisotopic (exact) mass is 513 g/mol. The van der Waals surface area contributed by atoms with Crippen LogP contribution in [0.1, 0.15) is 40.1 Å². The van der Waals surface area contributed by atoms with E-state index < -0.39 is 14.9 Å². The summed E-state index contributed by atoms with van der Waals surface area (Å²) in [5, 5.41) is 13.5. The van der Waals surface area contributed by atoms with Crippen LogP contribution in [0.2, 0.25) is 0 Å². The Labute approximate surface area is 208 Å². The Kier molecular flexibility index (Phi) is 7.94.